The van der Waals surface area contributed by atoms with Gasteiger partial charge in [-0.15, -0.1) is 0 Å². The van der Waals surface area contributed by atoms with Gasteiger partial charge in [0.05, 0.1) is 22.0 Å². The van der Waals surface area contributed by atoms with E-state index < -0.39 is 10.0 Å². The molecule has 0 unspecified atom stereocenters. The van der Waals surface area contributed by atoms with Crippen molar-refractivity contribution in [3.63, 3.8) is 0 Å². The summed E-state index contributed by atoms with van der Waals surface area (Å²) in [6, 6.07) is 4.82. The van der Waals surface area contributed by atoms with Gasteiger partial charge in [0.1, 0.15) is 0 Å². The number of nitrogens with zero attached hydrogens (tertiary/aromatic N) is 1. The van der Waals surface area contributed by atoms with Gasteiger partial charge in [0.25, 0.3) is 5.91 Å². The monoisotopic (exact) mass is 386 g/mol. The standard InChI is InChI=1S/C18H27ClN2O3S/c1-18(2,3)9-6-10-20-17(22)15-13-14(7-8-16(15)19)21-11-4-5-12-25(21,23)24/h7-8,13H,4-6,9-12H2,1-3H3,(H,20,22). The van der Waals surface area contributed by atoms with Crippen LogP contribution in [-0.4, -0.2) is 33.2 Å². The third kappa shape index (κ3) is 5.61. The minimum absolute atomic E-state index is 0.143. The van der Waals surface area contributed by atoms with Gasteiger partial charge in [-0.25, -0.2) is 8.42 Å². The van der Waals surface area contributed by atoms with E-state index in [1.807, 2.05) is 0 Å². The number of amides is 1. The zero-order valence-corrected chi connectivity index (χ0v) is 16.7. The summed E-state index contributed by atoms with van der Waals surface area (Å²) in [7, 11) is -3.31. The van der Waals surface area contributed by atoms with Crippen molar-refractivity contribution in [2.45, 2.75) is 46.5 Å². The van der Waals surface area contributed by atoms with Crippen molar-refractivity contribution in [3.8, 4) is 0 Å². The van der Waals surface area contributed by atoms with Crippen molar-refractivity contribution in [1.82, 2.24) is 5.32 Å². The summed E-state index contributed by atoms with van der Waals surface area (Å²) in [6.45, 7) is 7.49. The van der Waals surface area contributed by atoms with E-state index in [1.54, 1.807) is 18.2 Å². The molecule has 0 atom stereocenters. The summed E-state index contributed by atoms with van der Waals surface area (Å²) in [4.78, 5) is 12.4. The van der Waals surface area contributed by atoms with Crippen LogP contribution in [0, 0.1) is 5.41 Å². The fourth-order valence-electron chi connectivity index (χ4n) is 2.84. The summed E-state index contributed by atoms with van der Waals surface area (Å²) in [5.41, 5.74) is 1.05. The lowest BCUT2D eigenvalue weighted by Crippen LogP contribution is -2.38. The number of hydrogen-bond donors (Lipinski definition) is 1. The molecular weight excluding hydrogens is 360 g/mol. The van der Waals surface area contributed by atoms with Crippen LogP contribution in [0.1, 0.15) is 56.8 Å². The highest BCUT2D eigenvalue weighted by molar-refractivity contribution is 7.92. The second-order valence-electron chi connectivity index (χ2n) is 7.68. The van der Waals surface area contributed by atoms with E-state index in [0.717, 1.165) is 19.3 Å². The van der Waals surface area contributed by atoms with Gasteiger partial charge in [-0.1, -0.05) is 32.4 Å². The Morgan fingerprint density at radius 1 is 1.28 bits per heavy atom. The molecule has 140 valence electrons. The van der Waals surface area contributed by atoms with E-state index in [9.17, 15) is 13.2 Å². The van der Waals surface area contributed by atoms with Crippen LogP contribution >= 0.6 is 11.6 Å². The number of halogens is 1. The van der Waals surface area contributed by atoms with E-state index in [0.29, 0.717) is 35.8 Å². The van der Waals surface area contributed by atoms with Gasteiger partial charge in [-0.05, 0) is 49.3 Å². The Morgan fingerprint density at radius 3 is 2.64 bits per heavy atom. The average molecular weight is 387 g/mol. The number of anilines is 1. The van der Waals surface area contributed by atoms with Crippen molar-refractivity contribution in [2.24, 2.45) is 5.41 Å². The van der Waals surface area contributed by atoms with Gasteiger partial charge in [0, 0.05) is 13.1 Å². The predicted molar refractivity (Wildman–Crippen MR) is 103 cm³/mol. The molecule has 1 aromatic carbocycles. The normalized spacial score (nSPS) is 17.4. The predicted octanol–water partition coefficient (Wildman–Crippen LogP) is 3.83. The molecule has 0 radical (unpaired) electrons. The second kappa shape index (κ2) is 7.96. The topological polar surface area (TPSA) is 66.5 Å². The van der Waals surface area contributed by atoms with Crippen molar-refractivity contribution in [2.75, 3.05) is 23.1 Å². The van der Waals surface area contributed by atoms with Crippen LogP contribution in [-0.2, 0) is 10.0 Å². The van der Waals surface area contributed by atoms with Gasteiger partial charge in [-0.3, -0.25) is 9.10 Å². The number of carbonyl (C=O) groups excluding carboxylic acids is 1. The number of sulfonamides is 1. The summed E-state index contributed by atoms with van der Waals surface area (Å²) in [5, 5.41) is 3.20. The zero-order chi connectivity index (χ0) is 18.7. The lowest BCUT2D eigenvalue weighted by molar-refractivity contribution is 0.0951. The van der Waals surface area contributed by atoms with Crippen LogP contribution in [0.3, 0.4) is 0 Å². The number of hydrogen-bond acceptors (Lipinski definition) is 3. The van der Waals surface area contributed by atoms with E-state index in [1.165, 1.54) is 4.31 Å². The largest absolute Gasteiger partial charge is 0.352 e. The Hall–Kier alpha value is -1.27. The van der Waals surface area contributed by atoms with Crippen molar-refractivity contribution >= 4 is 33.2 Å². The van der Waals surface area contributed by atoms with E-state index in [-0.39, 0.29) is 17.1 Å². The van der Waals surface area contributed by atoms with E-state index >= 15 is 0 Å². The van der Waals surface area contributed by atoms with Crippen LogP contribution in [0.25, 0.3) is 0 Å². The molecule has 0 saturated carbocycles. The molecule has 1 amide bonds. The molecule has 1 N–H and O–H groups in total. The highest BCUT2D eigenvalue weighted by Crippen LogP contribution is 2.28. The van der Waals surface area contributed by atoms with Gasteiger partial charge in [-0.2, -0.15) is 0 Å². The van der Waals surface area contributed by atoms with Crippen LogP contribution in [0.2, 0.25) is 5.02 Å². The molecule has 7 heteroatoms. The van der Waals surface area contributed by atoms with E-state index in [2.05, 4.69) is 26.1 Å². The lowest BCUT2D eigenvalue weighted by Gasteiger charge is -2.28. The maximum Gasteiger partial charge on any atom is 0.252 e. The van der Waals surface area contributed by atoms with Gasteiger partial charge >= 0.3 is 0 Å². The summed E-state index contributed by atoms with van der Waals surface area (Å²) in [5.74, 6) is -0.126. The Morgan fingerprint density at radius 2 is 2.00 bits per heavy atom. The molecule has 0 aromatic heterocycles. The highest BCUT2D eigenvalue weighted by Gasteiger charge is 2.27. The molecule has 0 spiro atoms. The first-order valence-electron chi connectivity index (χ1n) is 8.68. The number of nitrogens with one attached hydrogen (secondary N) is 1. The first kappa shape index (κ1) is 20.0. The molecular formula is C18H27ClN2O3S. The maximum atomic E-state index is 12.4. The molecule has 2 rings (SSSR count). The van der Waals surface area contributed by atoms with Crippen molar-refractivity contribution in [3.05, 3.63) is 28.8 Å². The maximum absolute atomic E-state index is 12.4. The summed E-state index contributed by atoms with van der Waals surface area (Å²) < 4.78 is 25.9. The minimum Gasteiger partial charge on any atom is -0.352 e. The summed E-state index contributed by atoms with van der Waals surface area (Å²) in [6.07, 6.45) is 3.38. The average Bonchev–Trinajstić information content (AvgIpc) is 2.51. The van der Waals surface area contributed by atoms with Crippen LogP contribution in [0.4, 0.5) is 5.69 Å². The molecule has 0 bridgehead atoms. The smallest absolute Gasteiger partial charge is 0.252 e. The second-order valence-corrected chi connectivity index (χ2v) is 10.1. The van der Waals surface area contributed by atoms with Gasteiger partial charge < -0.3 is 5.32 Å². The lowest BCUT2D eigenvalue weighted by atomic mass is 9.91. The summed E-state index contributed by atoms with van der Waals surface area (Å²) >= 11 is 6.16. The third-order valence-corrected chi connectivity index (χ3v) is 6.42. The Bertz CT molecular complexity index is 726. The molecule has 25 heavy (non-hydrogen) atoms. The van der Waals surface area contributed by atoms with E-state index in [4.69, 9.17) is 11.6 Å². The Balaban J connectivity index is 2.09. The van der Waals surface area contributed by atoms with Crippen molar-refractivity contribution in [1.29, 1.82) is 0 Å². The zero-order valence-electron chi connectivity index (χ0n) is 15.1. The van der Waals surface area contributed by atoms with Crippen LogP contribution in [0.15, 0.2) is 18.2 Å². The Labute approximate surface area is 155 Å². The molecule has 1 aromatic rings. The van der Waals surface area contributed by atoms with Gasteiger partial charge in [0.15, 0.2) is 0 Å². The molecule has 1 saturated heterocycles. The molecule has 1 heterocycles. The first-order valence-corrected chi connectivity index (χ1v) is 10.7. The molecule has 5 nitrogen and oxygen atoms in total. The highest BCUT2D eigenvalue weighted by atomic mass is 35.5. The Kier molecular flexibility index (Phi) is 6.38. The molecule has 1 aliphatic rings. The van der Waals surface area contributed by atoms with Crippen LogP contribution < -0.4 is 9.62 Å². The molecule has 0 aliphatic carbocycles. The number of benzene rings is 1. The van der Waals surface area contributed by atoms with Crippen molar-refractivity contribution < 1.29 is 13.2 Å². The third-order valence-electron chi connectivity index (χ3n) is 4.22. The number of carbonyl (C=O) groups is 1. The minimum atomic E-state index is -3.31. The van der Waals surface area contributed by atoms with Gasteiger partial charge in [0.2, 0.25) is 10.0 Å². The number of rotatable bonds is 5. The quantitative estimate of drug-likeness (QED) is 0.782. The molecule has 1 fully saturated rings. The molecule has 1 aliphatic heterocycles. The first-order chi connectivity index (χ1) is 11.6. The fourth-order valence-corrected chi connectivity index (χ4v) is 4.67. The SMILES string of the molecule is CC(C)(C)CCCNC(=O)c1cc(N2CCCCS2(=O)=O)ccc1Cl. The van der Waals surface area contributed by atoms with Crippen LogP contribution in [0.5, 0.6) is 0 Å². The fraction of sp³-hybridized carbons (Fsp3) is 0.611.